The number of nitrogens with one attached hydrogen (secondary N) is 2. The number of nitrogens with zero attached hydrogens (tertiary/aromatic N) is 3. The van der Waals surface area contributed by atoms with Crippen LogP contribution in [-0.4, -0.2) is 42.5 Å². The molecule has 2 N–H and O–H groups in total. The van der Waals surface area contributed by atoms with Crippen LogP contribution in [0.25, 0.3) is 0 Å². The minimum absolute atomic E-state index is 0.290. The lowest BCUT2D eigenvalue weighted by Crippen LogP contribution is -2.04. The molecule has 0 bridgehead atoms. The number of hydrogen-bond acceptors (Lipinski definition) is 9. The van der Waals surface area contributed by atoms with Gasteiger partial charge in [0, 0.05) is 11.8 Å². The SMILES string of the molecule is COC(=O)c1ccc(Nc2nncc(Nc3cc(OC)ccc3OC)n2)cc1. The van der Waals surface area contributed by atoms with Gasteiger partial charge in [-0.15, -0.1) is 5.10 Å². The average Bonchev–Trinajstić information content (AvgIpc) is 2.74. The van der Waals surface area contributed by atoms with Crippen molar-refractivity contribution in [1.29, 1.82) is 0 Å². The summed E-state index contributed by atoms with van der Waals surface area (Å²) in [4.78, 5) is 15.9. The van der Waals surface area contributed by atoms with Gasteiger partial charge in [0.15, 0.2) is 5.82 Å². The average molecular weight is 381 g/mol. The van der Waals surface area contributed by atoms with Gasteiger partial charge in [0.25, 0.3) is 0 Å². The number of carbonyl (C=O) groups is 1. The number of rotatable bonds is 7. The van der Waals surface area contributed by atoms with Gasteiger partial charge in [-0.1, -0.05) is 0 Å². The Morgan fingerprint density at radius 1 is 0.964 bits per heavy atom. The van der Waals surface area contributed by atoms with Gasteiger partial charge in [-0.05, 0) is 36.4 Å². The first-order valence-corrected chi connectivity index (χ1v) is 8.27. The van der Waals surface area contributed by atoms with Crippen LogP contribution in [0, 0.1) is 0 Å². The molecule has 2 aromatic carbocycles. The standard InChI is InChI=1S/C19H19N5O4/c1-26-14-8-9-16(27-2)15(10-14)22-17-11-20-24-19(23-17)21-13-6-4-12(5-7-13)18(25)28-3/h4-11H,1-3H3,(H2,21,22,23,24). The highest BCUT2D eigenvalue weighted by Gasteiger charge is 2.09. The Bertz CT molecular complexity index is 963. The van der Waals surface area contributed by atoms with E-state index in [0.29, 0.717) is 34.3 Å². The van der Waals surface area contributed by atoms with Crippen LogP contribution in [0.3, 0.4) is 0 Å². The molecule has 9 heteroatoms. The van der Waals surface area contributed by atoms with Crippen LogP contribution in [0.5, 0.6) is 11.5 Å². The van der Waals surface area contributed by atoms with Gasteiger partial charge in [-0.25, -0.2) is 4.79 Å². The van der Waals surface area contributed by atoms with Crippen molar-refractivity contribution in [3.63, 3.8) is 0 Å². The number of aromatic nitrogens is 3. The Balaban J connectivity index is 1.77. The summed E-state index contributed by atoms with van der Waals surface area (Å²) < 4.78 is 15.3. The second-order valence-corrected chi connectivity index (χ2v) is 5.55. The van der Waals surface area contributed by atoms with Crippen LogP contribution < -0.4 is 20.1 Å². The Morgan fingerprint density at radius 2 is 1.75 bits per heavy atom. The topological polar surface area (TPSA) is 107 Å². The summed E-state index contributed by atoms with van der Waals surface area (Å²) in [7, 11) is 4.51. The van der Waals surface area contributed by atoms with Gasteiger partial charge in [-0.3, -0.25) is 0 Å². The quantitative estimate of drug-likeness (QED) is 0.597. The van der Waals surface area contributed by atoms with E-state index in [1.54, 1.807) is 56.7 Å². The van der Waals surface area contributed by atoms with Crippen molar-refractivity contribution in [2.24, 2.45) is 0 Å². The first-order chi connectivity index (χ1) is 13.6. The van der Waals surface area contributed by atoms with Crippen LogP contribution in [-0.2, 0) is 4.74 Å². The summed E-state index contributed by atoms with van der Waals surface area (Å²) in [6, 6.07) is 12.1. The van der Waals surface area contributed by atoms with Gasteiger partial charge >= 0.3 is 5.97 Å². The molecule has 9 nitrogen and oxygen atoms in total. The zero-order chi connectivity index (χ0) is 19.9. The molecule has 0 unspecified atom stereocenters. The molecule has 0 atom stereocenters. The molecule has 1 heterocycles. The first-order valence-electron chi connectivity index (χ1n) is 8.27. The number of hydrogen-bond donors (Lipinski definition) is 2. The highest BCUT2D eigenvalue weighted by atomic mass is 16.5. The monoisotopic (exact) mass is 381 g/mol. The fourth-order valence-corrected chi connectivity index (χ4v) is 2.40. The minimum atomic E-state index is -0.400. The van der Waals surface area contributed by atoms with E-state index in [1.807, 2.05) is 0 Å². The fraction of sp³-hybridized carbons (Fsp3) is 0.158. The largest absolute Gasteiger partial charge is 0.497 e. The molecule has 0 spiro atoms. The molecule has 3 rings (SSSR count). The molecule has 28 heavy (non-hydrogen) atoms. The van der Waals surface area contributed by atoms with E-state index >= 15 is 0 Å². The van der Waals surface area contributed by atoms with Gasteiger partial charge < -0.3 is 24.8 Å². The smallest absolute Gasteiger partial charge is 0.337 e. The molecule has 0 saturated carbocycles. The van der Waals surface area contributed by atoms with Crippen LogP contribution in [0.1, 0.15) is 10.4 Å². The zero-order valence-electron chi connectivity index (χ0n) is 15.6. The Labute approximate surface area is 161 Å². The van der Waals surface area contributed by atoms with Crippen LogP contribution >= 0.6 is 0 Å². The van der Waals surface area contributed by atoms with Gasteiger partial charge in [0.2, 0.25) is 5.95 Å². The molecule has 0 saturated heterocycles. The summed E-state index contributed by atoms with van der Waals surface area (Å²) in [5, 5.41) is 14.1. The fourth-order valence-electron chi connectivity index (χ4n) is 2.40. The normalized spacial score (nSPS) is 10.1. The third-order valence-electron chi connectivity index (χ3n) is 3.79. The van der Waals surface area contributed by atoms with E-state index in [2.05, 4.69) is 30.6 Å². The molecule has 0 aliphatic carbocycles. The predicted octanol–water partition coefficient (Wildman–Crippen LogP) is 3.16. The third kappa shape index (κ3) is 4.44. The first kappa shape index (κ1) is 18.9. The summed E-state index contributed by atoms with van der Waals surface area (Å²) in [5.74, 6) is 1.66. The molecule has 0 aliphatic heterocycles. The van der Waals surface area contributed by atoms with Crippen molar-refractivity contribution in [3.8, 4) is 11.5 Å². The third-order valence-corrected chi connectivity index (χ3v) is 3.79. The Kier molecular flexibility index (Phi) is 5.85. The maximum absolute atomic E-state index is 11.5. The van der Waals surface area contributed by atoms with Crippen LogP contribution in [0.15, 0.2) is 48.7 Å². The summed E-state index contributed by atoms with van der Waals surface area (Å²) >= 11 is 0. The molecular weight excluding hydrogens is 362 g/mol. The molecule has 3 aromatic rings. The summed E-state index contributed by atoms with van der Waals surface area (Å²) in [5.41, 5.74) is 1.83. The molecular formula is C19H19N5O4. The molecule has 0 aliphatic rings. The number of methoxy groups -OCH3 is 3. The lowest BCUT2D eigenvalue weighted by atomic mass is 10.2. The second kappa shape index (κ2) is 8.67. The Morgan fingerprint density at radius 3 is 2.43 bits per heavy atom. The number of esters is 1. The maximum Gasteiger partial charge on any atom is 0.337 e. The van der Waals surface area contributed by atoms with Crippen molar-refractivity contribution < 1.29 is 19.0 Å². The molecule has 144 valence electrons. The van der Waals surface area contributed by atoms with Crippen LogP contribution in [0.4, 0.5) is 23.1 Å². The van der Waals surface area contributed by atoms with Gasteiger partial charge in [0.05, 0.1) is 38.8 Å². The van der Waals surface area contributed by atoms with Crippen molar-refractivity contribution in [2.75, 3.05) is 32.0 Å². The van der Waals surface area contributed by atoms with E-state index in [-0.39, 0.29) is 5.95 Å². The lowest BCUT2D eigenvalue weighted by Gasteiger charge is -2.12. The van der Waals surface area contributed by atoms with E-state index < -0.39 is 5.97 Å². The van der Waals surface area contributed by atoms with Gasteiger partial charge in [0.1, 0.15) is 11.5 Å². The predicted molar refractivity (Wildman–Crippen MR) is 104 cm³/mol. The van der Waals surface area contributed by atoms with E-state index in [1.165, 1.54) is 13.3 Å². The number of anilines is 4. The van der Waals surface area contributed by atoms with E-state index in [0.717, 1.165) is 0 Å². The summed E-state index contributed by atoms with van der Waals surface area (Å²) in [6.45, 7) is 0. The highest BCUT2D eigenvalue weighted by molar-refractivity contribution is 5.89. The minimum Gasteiger partial charge on any atom is -0.497 e. The van der Waals surface area contributed by atoms with Crippen molar-refractivity contribution in [2.45, 2.75) is 0 Å². The lowest BCUT2D eigenvalue weighted by molar-refractivity contribution is 0.0601. The Hall–Kier alpha value is -3.88. The summed E-state index contributed by atoms with van der Waals surface area (Å²) in [6.07, 6.45) is 1.49. The maximum atomic E-state index is 11.5. The van der Waals surface area contributed by atoms with Crippen molar-refractivity contribution in [1.82, 2.24) is 15.2 Å². The number of benzene rings is 2. The molecule has 0 fully saturated rings. The van der Waals surface area contributed by atoms with Crippen LogP contribution in [0.2, 0.25) is 0 Å². The van der Waals surface area contributed by atoms with Gasteiger partial charge in [-0.2, -0.15) is 10.1 Å². The molecule has 1 aromatic heterocycles. The van der Waals surface area contributed by atoms with E-state index in [4.69, 9.17) is 9.47 Å². The molecule has 0 radical (unpaired) electrons. The van der Waals surface area contributed by atoms with Crippen molar-refractivity contribution >= 4 is 29.1 Å². The number of ether oxygens (including phenoxy) is 3. The second-order valence-electron chi connectivity index (χ2n) is 5.55. The molecule has 0 amide bonds. The van der Waals surface area contributed by atoms with E-state index in [9.17, 15) is 4.79 Å². The number of carbonyl (C=O) groups excluding carboxylic acids is 1. The zero-order valence-corrected chi connectivity index (χ0v) is 15.6. The highest BCUT2D eigenvalue weighted by Crippen LogP contribution is 2.31. The van der Waals surface area contributed by atoms with Crippen molar-refractivity contribution in [3.05, 3.63) is 54.2 Å².